The number of ether oxygens (including phenoxy) is 1. The van der Waals surface area contributed by atoms with Crippen molar-refractivity contribution in [1.29, 1.82) is 5.26 Å². The lowest BCUT2D eigenvalue weighted by atomic mass is 10.1. The molecule has 0 saturated carbocycles. The fourth-order valence-corrected chi connectivity index (χ4v) is 1.15. The summed E-state index contributed by atoms with van der Waals surface area (Å²) < 4.78 is 5.16. The number of hydrogen-bond acceptors (Lipinski definition) is 3. The molecule has 1 aliphatic heterocycles. The lowest BCUT2D eigenvalue weighted by Gasteiger charge is -2.26. The third kappa shape index (κ3) is 1.61. The zero-order valence-corrected chi connectivity index (χ0v) is 6.21. The lowest BCUT2D eigenvalue weighted by molar-refractivity contribution is 0.0577. The SMILES string of the molecule is CN(C#N)C1CCOCC1. The first kappa shape index (κ1) is 7.36. The second-order valence-corrected chi connectivity index (χ2v) is 2.55. The van der Waals surface area contributed by atoms with E-state index >= 15 is 0 Å². The van der Waals surface area contributed by atoms with Crippen LogP contribution in [0.2, 0.25) is 0 Å². The van der Waals surface area contributed by atoms with Gasteiger partial charge >= 0.3 is 0 Å². The van der Waals surface area contributed by atoms with E-state index in [-0.39, 0.29) is 0 Å². The summed E-state index contributed by atoms with van der Waals surface area (Å²) in [5.74, 6) is 0. The van der Waals surface area contributed by atoms with Crippen LogP contribution in [0.25, 0.3) is 0 Å². The predicted octanol–water partition coefficient (Wildman–Crippen LogP) is 0.578. The molecular formula is C7H12N2O. The van der Waals surface area contributed by atoms with Crippen molar-refractivity contribution in [3.63, 3.8) is 0 Å². The monoisotopic (exact) mass is 140 g/mol. The molecule has 0 aromatic heterocycles. The van der Waals surface area contributed by atoms with Gasteiger partial charge in [0.05, 0.1) is 0 Å². The molecule has 0 aromatic carbocycles. The number of rotatable bonds is 1. The normalized spacial score (nSPS) is 20.0. The molecule has 0 aliphatic carbocycles. The number of nitriles is 1. The standard InChI is InChI=1S/C7H12N2O/c1-9(6-8)7-2-4-10-5-3-7/h7H,2-5H2,1H3. The van der Waals surface area contributed by atoms with Crippen LogP contribution in [0.5, 0.6) is 0 Å². The topological polar surface area (TPSA) is 36.3 Å². The quantitative estimate of drug-likeness (QED) is 0.395. The summed E-state index contributed by atoms with van der Waals surface area (Å²) in [7, 11) is 1.83. The van der Waals surface area contributed by atoms with Crippen LogP contribution in [-0.4, -0.2) is 31.2 Å². The molecule has 10 heavy (non-hydrogen) atoms. The van der Waals surface area contributed by atoms with E-state index in [0.29, 0.717) is 6.04 Å². The molecule has 1 heterocycles. The van der Waals surface area contributed by atoms with Gasteiger partial charge in [0.1, 0.15) is 0 Å². The Morgan fingerprint density at radius 2 is 2.10 bits per heavy atom. The van der Waals surface area contributed by atoms with E-state index in [1.165, 1.54) is 0 Å². The summed E-state index contributed by atoms with van der Waals surface area (Å²) in [6.07, 6.45) is 4.09. The molecule has 3 heteroatoms. The molecule has 56 valence electrons. The molecule has 1 saturated heterocycles. The van der Waals surface area contributed by atoms with E-state index in [9.17, 15) is 0 Å². The summed E-state index contributed by atoms with van der Waals surface area (Å²) in [6, 6.07) is 0.416. The van der Waals surface area contributed by atoms with Gasteiger partial charge in [-0.15, -0.1) is 0 Å². The molecule has 3 nitrogen and oxygen atoms in total. The summed E-state index contributed by atoms with van der Waals surface area (Å²) in [5, 5.41) is 8.52. The van der Waals surface area contributed by atoms with Crippen molar-refractivity contribution in [2.45, 2.75) is 18.9 Å². The summed E-state index contributed by atoms with van der Waals surface area (Å²) in [6.45, 7) is 1.60. The Morgan fingerprint density at radius 3 is 2.60 bits per heavy atom. The molecule has 0 spiro atoms. The van der Waals surface area contributed by atoms with Crippen molar-refractivity contribution >= 4 is 0 Å². The molecular weight excluding hydrogens is 128 g/mol. The lowest BCUT2D eigenvalue weighted by Crippen LogP contribution is -2.33. The molecule has 1 aliphatic rings. The average Bonchev–Trinajstić information content (AvgIpc) is 2.05. The van der Waals surface area contributed by atoms with Gasteiger partial charge in [0, 0.05) is 26.3 Å². The highest BCUT2D eigenvalue weighted by Crippen LogP contribution is 2.10. The van der Waals surface area contributed by atoms with Gasteiger partial charge < -0.3 is 9.64 Å². The van der Waals surface area contributed by atoms with E-state index in [4.69, 9.17) is 10.00 Å². The minimum absolute atomic E-state index is 0.416. The van der Waals surface area contributed by atoms with Crippen LogP contribution in [0.1, 0.15) is 12.8 Å². The third-order valence-electron chi connectivity index (χ3n) is 1.90. The Kier molecular flexibility index (Phi) is 2.52. The van der Waals surface area contributed by atoms with Gasteiger partial charge in [-0.3, -0.25) is 0 Å². The van der Waals surface area contributed by atoms with Gasteiger partial charge in [-0.1, -0.05) is 0 Å². The molecule has 1 rings (SSSR count). The Balaban J connectivity index is 2.33. The molecule has 0 bridgehead atoms. The fraction of sp³-hybridized carbons (Fsp3) is 0.857. The van der Waals surface area contributed by atoms with E-state index in [1.54, 1.807) is 4.90 Å². The van der Waals surface area contributed by atoms with E-state index in [0.717, 1.165) is 26.1 Å². The van der Waals surface area contributed by atoms with Crippen molar-refractivity contribution in [3.05, 3.63) is 0 Å². The van der Waals surface area contributed by atoms with Crippen LogP contribution >= 0.6 is 0 Å². The summed E-state index contributed by atoms with van der Waals surface area (Å²) in [5.41, 5.74) is 0. The predicted molar refractivity (Wildman–Crippen MR) is 37.2 cm³/mol. The smallest absolute Gasteiger partial charge is 0.179 e. The maximum Gasteiger partial charge on any atom is 0.179 e. The average molecular weight is 140 g/mol. The van der Waals surface area contributed by atoms with E-state index in [2.05, 4.69) is 6.19 Å². The van der Waals surface area contributed by atoms with Gasteiger partial charge in [-0.25, -0.2) is 0 Å². The van der Waals surface area contributed by atoms with Crippen LogP contribution in [0.15, 0.2) is 0 Å². The van der Waals surface area contributed by atoms with Crippen molar-refractivity contribution < 1.29 is 4.74 Å². The second kappa shape index (κ2) is 3.43. The largest absolute Gasteiger partial charge is 0.381 e. The summed E-state index contributed by atoms with van der Waals surface area (Å²) in [4.78, 5) is 1.71. The molecule has 0 atom stereocenters. The van der Waals surface area contributed by atoms with Crippen LogP contribution in [0.4, 0.5) is 0 Å². The first-order valence-electron chi connectivity index (χ1n) is 3.55. The first-order valence-corrected chi connectivity index (χ1v) is 3.55. The molecule has 0 radical (unpaired) electrons. The van der Waals surface area contributed by atoms with Crippen molar-refractivity contribution in [3.8, 4) is 6.19 Å². The van der Waals surface area contributed by atoms with Crippen molar-refractivity contribution in [1.82, 2.24) is 4.90 Å². The van der Waals surface area contributed by atoms with Gasteiger partial charge in [-0.05, 0) is 12.8 Å². The van der Waals surface area contributed by atoms with Crippen molar-refractivity contribution in [2.24, 2.45) is 0 Å². The molecule has 0 amide bonds. The van der Waals surface area contributed by atoms with Crippen LogP contribution < -0.4 is 0 Å². The Morgan fingerprint density at radius 1 is 1.50 bits per heavy atom. The van der Waals surface area contributed by atoms with Crippen LogP contribution in [-0.2, 0) is 4.74 Å². The minimum Gasteiger partial charge on any atom is -0.381 e. The maximum atomic E-state index is 8.52. The van der Waals surface area contributed by atoms with E-state index in [1.807, 2.05) is 7.05 Å². The first-order chi connectivity index (χ1) is 4.84. The highest BCUT2D eigenvalue weighted by Gasteiger charge is 2.16. The Bertz CT molecular complexity index is 135. The van der Waals surface area contributed by atoms with Crippen molar-refractivity contribution in [2.75, 3.05) is 20.3 Å². The summed E-state index contributed by atoms with van der Waals surface area (Å²) >= 11 is 0. The number of hydrogen-bond donors (Lipinski definition) is 0. The molecule has 0 aromatic rings. The number of nitrogens with zero attached hydrogens (tertiary/aromatic N) is 2. The maximum absolute atomic E-state index is 8.52. The third-order valence-corrected chi connectivity index (χ3v) is 1.90. The zero-order chi connectivity index (χ0) is 7.40. The second-order valence-electron chi connectivity index (χ2n) is 2.55. The zero-order valence-electron chi connectivity index (χ0n) is 6.21. The Hall–Kier alpha value is -0.750. The van der Waals surface area contributed by atoms with Gasteiger partial charge in [0.15, 0.2) is 6.19 Å². The highest BCUT2D eigenvalue weighted by molar-refractivity contribution is 4.80. The molecule has 0 N–H and O–H groups in total. The minimum atomic E-state index is 0.416. The molecule has 0 unspecified atom stereocenters. The van der Waals surface area contributed by atoms with Gasteiger partial charge in [0.2, 0.25) is 0 Å². The van der Waals surface area contributed by atoms with Gasteiger partial charge in [-0.2, -0.15) is 5.26 Å². The van der Waals surface area contributed by atoms with E-state index < -0.39 is 0 Å². The van der Waals surface area contributed by atoms with Crippen LogP contribution in [0.3, 0.4) is 0 Å². The van der Waals surface area contributed by atoms with Crippen LogP contribution in [0, 0.1) is 11.5 Å². The van der Waals surface area contributed by atoms with Gasteiger partial charge in [0.25, 0.3) is 0 Å². The highest BCUT2D eigenvalue weighted by atomic mass is 16.5. The fourth-order valence-electron chi connectivity index (χ4n) is 1.15. The Labute approximate surface area is 61.2 Å². The molecule has 1 fully saturated rings.